The van der Waals surface area contributed by atoms with Crippen LogP contribution >= 0.6 is 0 Å². The summed E-state index contributed by atoms with van der Waals surface area (Å²) >= 11 is 0. The van der Waals surface area contributed by atoms with E-state index >= 15 is 0 Å². The Balaban J connectivity index is 4.00. The van der Waals surface area contributed by atoms with Crippen LogP contribution in [0.15, 0.2) is 12.2 Å². The summed E-state index contributed by atoms with van der Waals surface area (Å²) in [5, 5.41) is 8.36. The van der Waals surface area contributed by atoms with Crippen LogP contribution in [-0.2, 0) is 9.53 Å². The van der Waals surface area contributed by atoms with Gasteiger partial charge < -0.3 is 4.74 Å². The van der Waals surface area contributed by atoms with Crippen molar-refractivity contribution in [3.8, 4) is 6.07 Å². The maximum Gasteiger partial charge on any atom is 0.304 e. The minimum absolute atomic E-state index is 0.463. The van der Waals surface area contributed by atoms with Gasteiger partial charge in [0, 0.05) is 6.92 Å². The first-order valence-corrected chi connectivity index (χ1v) is 2.80. The van der Waals surface area contributed by atoms with Crippen LogP contribution in [0.3, 0.4) is 0 Å². The Labute approximate surface area is 59.9 Å². The molecule has 0 saturated carbocycles. The van der Waals surface area contributed by atoms with E-state index in [4.69, 9.17) is 5.26 Å². The monoisotopic (exact) mass is 139 g/mol. The molecule has 10 heavy (non-hydrogen) atoms. The minimum atomic E-state index is -0.794. The fourth-order valence-electron chi connectivity index (χ4n) is 0.403. The second kappa shape index (κ2) is 3.67. The van der Waals surface area contributed by atoms with Crippen LogP contribution in [0.1, 0.15) is 13.8 Å². The van der Waals surface area contributed by atoms with E-state index in [1.165, 1.54) is 6.92 Å². The van der Waals surface area contributed by atoms with Crippen LogP contribution in [0, 0.1) is 11.3 Å². The van der Waals surface area contributed by atoms with Gasteiger partial charge in [-0.15, -0.1) is 0 Å². The summed E-state index contributed by atoms with van der Waals surface area (Å²) in [6.45, 7) is 6.37. The molecular formula is C7H9NO2. The Morgan fingerprint density at radius 2 is 2.20 bits per heavy atom. The topological polar surface area (TPSA) is 50.1 Å². The molecule has 0 spiro atoms. The number of ether oxygens (including phenoxy) is 1. The molecule has 0 fully saturated rings. The highest BCUT2D eigenvalue weighted by atomic mass is 16.5. The van der Waals surface area contributed by atoms with Gasteiger partial charge in [-0.25, -0.2) is 0 Å². The number of carbonyl (C=O) groups is 1. The molecule has 0 aliphatic heterocycles. The van der Waals surface area contributed by atoms with Crippen molar-refractivity contribution in [3.63, 3.8) is 0 Å². The molecule has 0 aliphatic rings. The average Bonchev–Trinajstić information content (AvgIpc) is 1.81. The van der Waals surface area contributed by atoms with Crippen molar-refractivity contribution in [2.75, 3.05) is 0 Å². The summed E-state index contributed by atoms with van der Waals surface area (Å²) in [4.78, 5) is 10.3. The molecule has 0 rings (SSSR count). The molecule has 1 atom stereocenters. The van der Waals surface area contributed by atoms with Gasteiger partial charge in [-0.2, -0.15) is 5.26 Å². The Kier molecular flexibility index (Phi) is 3.20. The van der Waals surface area contributed by atoms with Crippen molar-refractivity contribution in [3.05, 3.63) is 12.2 Å². The lowest BCUT2D eigenvalue weighted by Crippen LogP contribution is -2.14. The van der Waals surface area contributed by atoms with Crippen molar-refractivity contribution in [2.45, 2.75) is 20.0 Å². The normalized spacial score (nSPS) is 11.3. The van der Waals surface area contributed by atoms with Crippen molar-refractivity contribution in [2.24, 2.45) is 0 Å². The Morgan fingerprint density at radius 3 is 2.30 bits per heavy atom. The molecule has 0 aromatic rings. The van der Waals surface area contributed by atoms with Crippen molar-refractivity contribution in [1.29, 1.82) is 5.26 Å². The van der Waals surface area contributed by atoms with E-state index in [0.717, 1.165) is 0 Å². The number of nitriles is 1. The second-order valence-corrected chi connectivity index (χ2v) is 1.96. The van der Waals surface area contributed by atoms with Crippen LogP contribution in [-0.4, -0.2) is 12.1 Å². The van der Waals surface area contributed by atoms with E-state index in [2.05, 4.69) is 11.3 Å². The van der Waals surface area contributed by atoms with Crippen LogP contribution in [0.4, 0.5) is 0 Å². The van der Waals surface area contributed by atoms with Crippen molar-refractivity contribution >= 4 is 5.97 Å². The van der Waals surface area contributed by atoms with E-state index in [0.29, 0.717) is 5.57 Å². The highest BCUT2D eigenvalue weighted by Gasteiger charge is 2.09. The molecule has 3 nitrogen and oxygen atoms in total. The molecule has 0 amide bonds. The van der Waals surface area contributed by atoms with Crippen LogP contribution in [0.25, 0.3) is 0 Å². The molecule has 0 radical (unpaired) electrons. The fraction of sp³-hybridized carbons (Fsp3) is 0.429. The summed E-state index contributed by atoms with van der Waals surface area (Å²) in [5.74, 6) is -0.463. The predicted octanol–water partition coefficient (Wildman–Crippen LogP) is 1.02. The molecule has 0 heterocycles. The molecule has 0 bridgehead atoms. The zero-order valence-corrected chi connectivity index (χ0v) is 6.05. The van der Waals surface area contributed by atoms with E-state index in [1.807, 2.05) is 0 Å². The van der Waals surface area contributed by atoms with Crippen molar-refractivity contribution in [1.82, 2.24) is 0 Å². The largest absolute Gasteiger partial charge is 0.442 e. The van der Waals surface area contributed by atoms with E-state index in [9.17, 15) is 4.79 Å². The lowest BCUT2D eigenvalue weighted by molar-refractivity contribution is -0.142. The Hall–Kier alpha value is -1.30. The van der Waals surface area contributed by atoms with E-state index < -0.39 is 12.1 Å². The number of nitrogens with zero attached hydrogens (tertiary/aromatic N) is 1. The molecule has 0 aromatic carbocycles. The maximum absolute atomic E-state index is 10.3. The number of hydrogen-bond donors (Lipinski definition) is 0. The second-order valence-electron chi connectivity index (χ2n) is 1.96. The molecule has 0 aliphatic carbocycles. The fourth-order valence-corrected chi connectivity index (χ4v) is 0.403. The van der Waals surface area contributed by atoms with Gasteiger partial charge in [0.2, 0.25) is 6.10 Å². The number of carbonyl (C=O) groups excluding carboxylic acids is 1. The summed E-state index contributed by atoms with van der Waals surface area (Å²) in [5.41, 5.74) is 0.540. The lowest BCUT2D eigenvalue weighted by Gasteiger charge is -2.06. The van der Waals surface area contributed by atoms with Crippen LogP contribution < -0.4 is 0 Å². The predicted molar refractivity (Wildman–Crippen MR) is 36.0 cm³/mol. The molecule has 3 heteroatoms. The Morgan fingerprint density at radius 1 is 1.70 bits per heavy atom. The quantitative estimate of drug-likeness (QED) is 0.424. The smallest absolute Gasteiger partial charge is 0.304 e. The first kappa shape index (κ1) is 8.70. The average molecular weight is 139 g/mol. The van der Waals surface area contributed by atoms with Crippen LogP contribution in [0.2, 0.25) is 0 Å². The molecule has 0 saturated heterocycles. The first-order chi connectivity index (χ1) is 4.57. The third kappa shape index (κ3) is 2.88. The van der Waals surface area contributed by atoms with Crippen molar-refractivity contribution < 1.29 is 9.53 Å². The van der Waals surface area contributed by atoms with E-state index in [-0.39, 0.29) is 0 Å². The third-order valence-electron chi connectivity index (χ3n) is 0.849. The standard InChI is InChI=1S/C7H9NO2/c1-5(2)7(4-8)10-6(3)9/h7H,1H2,2-3H3. The van der Waals surface area contributed by atoms with Gasteiger partial charge in [-0.1, -0.05) is 6.58 Å². The zero-order chi connectivity index (χ0) is 8.15. The van der Waals surface area contributed by atoms with Gasteiger partial charge in [0.05, 0.1) is 0 Å². The van der Waals surface area contributed by atoms with Gasteiger partial charge in [-0.05, 0) is 12.5 Å². The molecule has 0 aromatic heterocycles. The summed E-state index contributed by atoms with van der Waals surface area (Å²) in [6.07, 6.45) is -0.794. The summed E-state index contributed by atoms with van der Waals surface area (Å²) < 4.78 is 4.56. The molecule has 54 valence electrons. The van der Waals surface area contributed by atoms with Crippen LogP contribution in [0.5, 0.6) is 0 Å². The van der Waals surface area contributed by atoms with Gasteiger partial charge in [0.15, 0.2) is 0 Å². The lowest BCUT2D eigenvalue weighted by atomic mass is 10.2. The zero-order valence-electron chi connectivity index (χ0n) is 6.05. The van der Waals surface area contributed by atoms with E-state index in [1.54, 1.807) is 13.0 Å². The number of rotatable bonds is 2. The maximum atomic E-state index is 10.3. The summed E-state index contributed by atoms with van der Waals surface area (Å²) in [6, 6.07) is 1.79. The first-order valence-electron chi connectivity index (χ1n) is 2.80. The number of hydrogen-bond acceptors (Lipinski definition) is 3. The third-order valence-corrected chi connectivity index (χ3v) is 0.849. The number of esters is 1. The summed E-state index contributed by atoms with van der Waals surface area (Å²) in [7, 11) is 0. The van der Waals surface area contributed by atoms with Gasteiger partial charge in [0.1, 0.15) is 6.07 Å². The minimum Gasteiger partial charge on any atom is -0.442 e. The van der Waals surface area contributed by atoms with Gasteiger partial charge in [0.25, 0.3) is 0 Å². The highest BCUT2D eigenvalue weighted by molar-refractivity contribution is 5.66. The molecular weight excluding hydrogens is 130 g/mol. The van der Waals surface area contributed by atoms with Gasteiger partial charge in [-0.3, -0.25) is 4.79 Å². The SMILES string of the molecule is C=C(C)C(C#N)OC(C)=O. The highest BCUT2D eigenvalue weighted by Crippen LogP contribution is 2.01. The molecule has 1 unspecified atom stereocenters. The van der Waals surface area contributed by atoms with Gasteiger partial charge >= 0.3 is 5.97 Å². The Bertz CT molecular complexity index is 190. The molecule has 0 N–H and O–H groups in total.